The summed E-state index contributed by atoms with van der Waals surface area (Å²) in [7, 11) is -4.45. The summed E-state index contributed by atoms with van der Waals surface area (Å²) in [6.45, 7) is 4.55. The average Bonchev–Trinajstić information content (AvgIpc) is 3.19. The van der Waals surface area contributed by atoms with Crippen LogP contribution in [-0.4, -0.2) is 43.0 Å². The highest BCUT2D eigenvalue weighted by molar-refractivity contribution is 7.90. The molecule has 0 radical (unpaired) electrons. The Morgan fingerprint density at radius 3 is 2.54 bits per heavy atom. The molecule has 39 heavy (non-hydrogen) atoms. The fraction of sp³-hybridized carbons (Fsp3) is 0.393. The summed E-state index contributed by atoms with van der Waals surface area (Å²) < 4.78 is 48.1. The molecule has 2 atom stereocenters. The van der Waals surface area contributed by atoms with Crippen molar-refractivity contribution in [2.75, 3.05) is 11.5 Å². The second-order valence-electron chi connectivity index (χ2n) is 10.3. The van der Waals surface area contributed by atoms with Crippen LogP contribution >= 0.6 is 0 Å². The molecule has 1 saturated heterocycles. The number of amides is 1. The highest BCUT2D eigenvalue weighted by Crippen LogP contribution is 2.35. The number of nitrogens with zero attached hydrogens (tertiary/aromatic N) is 2. The van der Waals surface area contributed by atoms with Gasteiger partial charge in [0.2, 0.25) is 0 Å². The molecule has 9 nitrogen and oxygen atoms in total. The Morgan fingerprint density at radius 2 is 1.87 bits per heavy atom. The predicted octanol–water partition coefficient (Wildman–Crippen LogP) is 4.25. The number of aromatic amines is 1. The van der Waals surface area contributed by atoms with Gasteiger partial charge in [-0.15, -0.1) is 0 Å². The van der Waals surface area contributed by atoms with Gasteiger partial charge < -0.3 is 14.6 Å². The summed E-state index contributed by atoms with van der Waals surface area (Å²) in [5.41, 5.74) is 0.0980. The van der Waals surface area contributed by atoms with Crippen LogP contribution in [0.3, 0.4) is 0 Å². The number of benzene rings is 1. The molecule has 1 amide bonds. The normalized spacial score (nSPS) is 19.5. The number of halogens is 1. The highest BCUT2D eigenvalue weighted by Gasteiger charge is 2.33. The van der Waals surface area contributed by atoms with Crippen LogP contribution < -0.4 is 19.9 Å². The number of H-pyrrole nitrogens is 1. The zero-order chi connectivity index (χ0) is 27.7. The molecule has 2 aliphatic rings. The standard InChI is InChI=1S/C28H31FN4O5S/c1-17-8-9-18(2)33(17)26-23(27(34)32-39(36,37)25-7-4-12-30-28(25)35)10-11-24(31-26)20-13-21(29)15-22(14-20)38-16-19-5-3-6-19/h4,7,10-15,17-19H,3,5-6,8-9,16H2,1-2H3,(H,30,35)(H,32,34)/t17-,18+. The number of sulfonamides is 1. The number of aromatic nitrogens is 2. The second kappa shape index (κ2) is 10.8. The van der Waals surface area contributed by atoms with Crippen molar-refractivity contribution < 1.29 is 22.3 Å². The Balaban J connectivity index is 1.51. The summed E-state index contributed by atoms with van der Waals surface area (Å²) in [4.78, 5) is 33.8. The van der Waals surface area contributed by atoms with Crippen LogP contribution in [-0.2, 0) is 10.0 Å². The maximum absolute atomic E-state index is 14.6. The lowest BCUT2D eigenvalue weighted by Crippen LogP contribution is -2.38. The summed E-state index contributed by atoms with van der Waals surface area (Å²) in [5, 5.41) is 0. The molecular weight excluding hydrogens is 523 g/mol. The van der Waals surface area contributed by atoms with Crippen molar-refractivity contribution in [3.05, 3.63) is 70.4 Å². The zero-order valence-electron chi connectivity index (χ0n) is 21.8. The van der Waals surface area contributed by atoms with Crippen molar-refractivity contribution in [3.63, 3.8) is 0 Å². The second-order valence-corrected chi connectivity index (χ2v) is 12.0. The lowest BCUT2D eigenvalue weighted by atomic mass is 9.86. The van der Waals surface area contributed by atoms with Gasteiger partial charge in [0.1, 0.15) is 17.4 Å². The van der Waals surface area contributed by atoms with Gasteiger partial charge in [-0.3, -0.25) is 9.59 Å². The van der Waals surface area contributed by atoms with Crippen LogP contribution in [0.1, 0.15) is 56.3 Å². The van der Waals surface area contributed by atoms with E-state index in [1.807, 2.05) is 23.5 Å². The van der Waals surface area contributed by atoms with Gasteiger partial charge in [-0.2, -0.15) is 0 Å². The molecule has 2 N–H and O–H groups in total. The van der Waals surface area contributed by atoms with E-state index in [0.717, 1.165) is 31.7 Å². The molecule has 1 saturated carbocycles. The van der Waals surface area contributed by atoms with Crippen LogP contribution in [0.25, 0.3) is 11.3 Å². The number of nitrogens with one attached hydrogen (secondary N) is 2. The molecule has 3 heterocycles. The monoisotopic (exact) mass is 554 g/mol. The Kier molecular flexibility index (Phi) is 7.44. The van der Waals surface area contributed by atoms with Crippen LogP contribution in [0.2, 0.25) is 0 Å². The third-order valence-corrected chi connectivity index (χ3v) is 8.85. The molecule has 0 unspecified atom stereocenters. The number of hydrogen-bond acceptors (Lipinski definition) is 7. The summed E-state index contributed by atoms with van der Waals surface area (Å²) >= 11 is 0. The third kappa shape index (κ3) is 5.68. The SMILES string of the molecule is C[C@@H]1CC[C@H](C)N1c1nc(-c2cc(F)cc(OCC3CCC3)c2)ccc1C(=O)NS(=O)(=O)c1ccc[nH]c1=O. The largest absolute Gasteiger partial charge is 0.493 e. The van der Waals surface area contributed by atoms with Crippen molar-refractivity contribution in [2.24, 2.45) is 5.92 Å². The molecule has 0 spiro atoms. The van der Waals surface area contributed by atoms with E-state index < -0.39 is 32.2 Å². The van der Waals surface area contributed by atoms with Gasteiger partial charge in [0, 0.05) is 29.9 Å². The van der Waals surface area contributed by atoms with E-state index in [-0.39, 0.29) is 17.6 Å². The Hall–Kier alpha value is -3.73. The van der Waals surface area contributed by atoms with E-state index in [2.05, 4.69) is 4.98 Å². The van der Waals surface area contributed by atoms with Crippen molar-refractivity contribution in [1.82, 2.24) is 14.7 Å². The van der Waals surface area contributed by atoms with E-state index >= 15 is 0 Å². The predicted molar refractivity (Wildman–Crippen MR) is 145 cm³/mol. The number of anilines is 1. The lowest BCUT2D eigenvalue weighted by molar-refractivity contribution is 0.0981. The summed E-state index contributed by atoms with van der Waals surface area (Å²) in [6.07, 6.45) is 6.44. The summed E-state index contributed by atoms with van der Waals surface area (Å²) in [6, 6.07) is 10.0. The molecule has 11 heteroatoms. The Morgan fingerprint density at radius 1 is 1.13 bits per heavy atom. The minimum Gasteiger partial charge on any atom is -0.493 e. The molecular formula is C28H31FN4O5S. The molecule has 0 bridgehead atoms. The first-order valence-corrected chi connectivity index (χ1v) is 14.6. The van der Waals surface area contributed by atoms with Crippen LogP contribution in [0.4, 0.5) is 10.2 Å². The first-order chi connectivity index (χ1) is 18.6. The first-order valence-electron chi connectivity index (χ1n) is 13.1. The van der Waals surface area contributed by atoms with Gasteiger partial charge in [-0.1, -0.05) is 6.42 Å². The van der Waals surface area contributed by atoms with Gasteiger partial charge in [0.25, 0.3) is 21.5 Å². The Labute approximate surface area is 226 Å². The lowest BCUT2D eigenvalue weighted by Gasteiger charge is -2.29. The van der Waals surface area contributed by atoms with E-state index in [0.29, 0.717) is 35.3 Å². The molecule has 2 aromatic heterocycles. The highest BCUT2D eigenvalue weighted by atomic mass is 32.2. The minimum absolute atomic E-state index is 0.0353. The fourth-order valence-electron chi connectivity index (χ4n) is 5.11. The number of ether oxygens (including phenoxy) is 1. The van der Waals surface area contributed by atoms with Crippen molar-refractivity contribution >= 4 is 21.7 Å². The molecule has 1 aliphatic carbocycles. The molecule has 1 aromatic carbocycles. The van der Waals surface area contributed by atoms with E-state index in [4.69, 9.17) is 9.72 Å². The van der Waals surface area contributed by atoms with Gasteiger partial charge in [0.05, 0.1) is 17.9 Å². The van der Waals surface area contributed by atoms with Crippen molar-refractivity contribution in [1.29, 1.82) is 0 Å². The fourth-order valence-corrected chi connectivity index (χ4v) is 6.14. The third-order valence-electron chi connectivity index (χ3n) is 7.49. The maximum Gasteiger partial charge on any atom is 0.269 e. The average molecular weight is 555 g/mol. The quantitative estimate of drug-likeness (QED) is 0.427. The molecule has 1 aliphatic heterocycles. The smallest absolute Gasteiger partial charge is 0.269 e. The number of carbonyl (C=O) groups excluding carboxylic acids is 1. The topological polar surface area (TPSA) is 121 Å². The van der Waals surface area contributed by atoms with Gasteiger partial charge in [-0.25, -0.2) is 22.5 Å². The number of rotatable bonds is 8. The van der Waals surface area contributed by atoms with Crippen molar-refractivity contribution in [2.45, 2.75) is 62.9 Å². The molecule has 5 rings (SSSR count). The van der Waals surface area contributed by atoms with Gasteiger partial charge in [0.15, 0.2) is 4.90 Å². The van der Waals surface area contributed by atoms with Crippen LogP contribution in [0.15, 0.2) is 58.4 Å². The minimum atomic E-state index is -4.45. The number of pyridine rings is 2. The molecule has 3 aromatic rings. The van der Waals surface area contributed by atoms with E-state index in [1.165, 1.54) is 36.9 Å². The van der Waals surface area contributed by atoms with Gasteiger partial charge >= 0.3 is 0 Å². The maximum atomic E-state index is 14.6. The molecule has 206 valence electrons. The van der Waals surface area contributed by atoms with Crippen molar-refractivity contribution in [3.8, 4) is 17.0 Å². The first kappa shape index (κ1) is 26.9. The Bertz CT molecular complexity index is 1540. The number of hydrogen-bond donors (Lipinski definition) is 2. The van der Waals surface area contributed by atoms with E-state index in [1.54, 1.807) is 12.1 Å². The van der Waals surface area contributed by atoms with Crippen LogP contribution in [0, 0.1) is 11.7 Å². The van der Waals surface area contributed by atoms with E-state index in [9.17, 15) is 22.4 Å². The summed E-state index contributed by atoms with van der Waals surface area (Å²) in [5.74, 6) is -0.198. The van der Waals surface area contributed by atoms with Gasteiger partial charge in [-0.05, 0) is 81.8 Å². The molecule has 2 fully saturated rings. The number of carbonyl (C=O) groups is 1. The zero-order valence-corrected chi connectivity index (χ0v) is 22.6. The van der Waals surface area contributed by atoms with Crippen LogP contribution in [0.5, 0.6) is 5.75 Å².